The number of aromatic carboxylic acids is 1. The van der Waals surface area contributed by atoms with E-state index in [1.165, 1.54) is 6.92 Å². The third-order valence-corrected chi connectivity index (χ3v) is 3.25. The van der Waals surface area contributed by atoms with Crippen LogP contribution in [0.15, 0.2) is 42.6 Å². The van der Waals surface area contributed by atoms with Gasteiger partial charge in [-0.05, 0) is 25.1 Å². The molecule has 0 amide bonds. The second-order valence-corrected chi connectivity index (χ2v) is 4.41. The summed E-state index contributed by atoms with van der Waals surface area (Å²) in [6, 6.07) is 10.3. The molecule has 0 spiro atoms. The van der Waals surface area contributed by atoms with Crippen LogP contribution in [0.4, 0.5) is 0 Å². The second-order valence-electron chi connectivity index (χ2n) is 4.41. The van der Waals surface area contributed by atoms with E-state index in [2.05, 4.69) is 0 Å². The van der Waals surface area contributed by atoms with Crippen molar-refractivity contribution in [2.24, 2.45) is 0 Å². The van der Waals surface area contributed by atoms with Crippen molar-refractivity contribution in [1.82, 2.24) is 4.40 Å². The third kappa shape index (κ3) is 2.36. The summed E-state index contributed by atoms with van der Waals surface area (Å²) in [5, 5.41) is 11.9. The van der Waals surface area contributed by atoms with Crippen LogP contribution < -0.4 is 56.5 Å². The van der Waals surface area contributed by atoms with E-state index in [0.717, 1.165) is 0 Å². The summed E-state index contributed by atoms with van der Waals surface area (Å²) in [5.74, 6) is -1.27. The number of carboxylic acids is 1. The van der Waals surface area contributed by atoms with Gasteiger partial charge in [-0.25, -0.2) is 0 Å². The molecule has 0 saturated heterocycles. The summed E-state index contributed by atoms with van der Waals surface area (Å²) in [6.07, 6.45) is 1.77. The summed E-state index contributed by atoms with van der Waals surface area (Å²) in [7, 11) is 0. The molecule has 0 aliphatic rings. The van der Waals surface area contributed by atoms with E-state index in [1.807, 2.05) is 6.07 Å². The zero-order valence-electron chi connectivity index (χ0n) is 11.2. The van der Waals surface area contributed by atoms with Crippen LogP contribution in [0.1, 0.15) is 27.6 Å². The fraction of sp³-hybridized carbons (Fsp3) is 0.0667. The summed E-state index contributed by atoms with van der Waals surface area (Å²) >= 11 is 0. The molecule has 0 aliphatic heterocycles. The minimum absolute atomic E-state index is 0. The number of hydrogen-bond donors (Lipinski definition) is 0. The molecule has 1 aromatic carbocycles. The molecule has 0 unspecified atom stereocenters. The largest absolute Gasteiger partial charge is 1.00 e. The second kappa shape index (κ2) is 5.79. The maximum absolute atomic E-state index is 11.4. The summed E-state index contributed by atoms with van der Waals surface area (Å²) in [4.78, 5) is 22.7. The van der Waals surface area contributed by atoms with E-state index in [4.69, 9.17) is 0 Å². The Balaban J connectivity index is 0.00000147. The molecular formula is C15H10KNO3. The summed E-state index contributed by atoms with van der Waals surface area (Å²) < 4.78 is 1.76. The maximum atomic E-state index is 11.4. The minimum atomic E-state index is -1.21. The van der Waals surface area contributed by atoms with Crippen LogP contribution in [0.25, 0.3) is 16.4 Å². The van der Waals surface area contributed by atoms with Crippen LogP contribution in [0.5, 0.6) is 0 Å². The molecule has 3 aromatic rings. The average molecular weight is 291 g/mol. The van der Waals surface area contributed by atoms with Gasteiger partial charge in [-0.15, -0.1) is 0 Å². The van der Waals surface area contributed by atoms with Gasteiger partial charge in [-0.1, -0.05) is 18.2 Å². The molecule has 5 heteroatoms. The normalized spacial score (nSPS) is 10.4. The van der Waals surface area contributed by atoms with Crippen molar-refractivity contribution in [1.29, 1.82) is 0 Å². The topological polar surface area (TPSA) is 61.6 Å². The van der Waals surface area contributed by atoms with Crippen molar-refractivity contribution in [2.45, 2.75) is 6.92 Å². The number of benzene rings is 1. The molecule has 3 rings (SSSR count). The number of hydrogen-bond acceptors (Lipinski definition) is 3. The average Bonchev–Trinajstić information content (AvgIpc) is 2.72. The Hall–Kier alpha value is -0.984. The molecular weight excluding hydrogens is 281 g/mol. The van der Waals surface area contributed by atoms with Gasteiger partial charge in [0.05, 0.1) is 17.0 Å². The van der Waals surface area contributed by atoms with E-state index in [9.17, 15) is 14.7 Å². The van der Waals surface area contributed by atoms with E-state index < -0.39 is 5.97 Å². The molecule has 4 nitrogen and oxygen atoms in total. The van der Waals surface area contributed by atoms with Gasteiger partial charge in [0.15, 0.2) is 5.78 Å². The number of ketones is 1. The molecule has 0 radical (unpaired) electrons. The van der Waals surface area contributed by atoms with E-state index in [-0.39, 0.29) is 62.7 Å². The first-order valence-corrected chi connectivity index (χ1v) is 5.84. The van der Waals surface area contributed by atoms with Crippen LogP contribution in [-0.2, 0) is 0 Å². The number of nitrogens with zero attached hydrogens (tertiary/aromatic N) is 1. The Morgan fingerprint density at radius 2 is 1.85 bits per heavy atom. The number of fused-ring (bicyclic) bond motifs is 3. The molecule has 0 fully saturated rings. The number of aromatic nitrogens is 1. The van der Waals surface area contributed by atoms with Gasteiger partial charge < -0.3 is 14.3 Å². The van der Waals surface area contributed by atoms with Gasteiger partial charge in [0, 0.05) is 22.7 Å². The van der Waals surface area contributed by atoms with Crippen molar-refractivity contribution in [3.05, 3.63) is 53.7 Å². The number of rotatable bonds is 2. The molecule has 0 atom stereocenters. The van der Waals surface area contributed by atoms with Crippen LogP contribution in [0.2, 0.25) is 0 Å². The Labute approximate surface area is 157 Å². The van der Waals surface area contributed by atoms with Crippen LogP contribution >= 0.6 is 0 Å². The first-order valence-electron chi connectivity index (χ1n) is 5.84. The van der Waals surface area contributed by atoms with E-state index in [0.29, 0.717) is 22.0 Å². The zero-order valence-corrected chi connectivity index (χ0v) is 14.3. The third-order valence-electron chi connectivity index (χ3n) is 3.25. The molecule has 20 heavy (non-hydrogen) atoms. The van der Waals surface area contributed by atoms with Crippen LogP contribution in [0.3, 0.4) is 0 Å². The Morgan fingerprint density at radius 1 is 1.10 bits per heavy atom. The number of carboxylic acid groups (broad SMARTS) is 1. The summed E-state index contributed by atoms with van der Waals surface area (Å²) in [6.45, 7) is 1.48. The van der Waals surface area contributed by atoms with Crippen LogP contribution in [-0.4, -0.2) is 16.2 Å². The van der Waals surface area contributed by atoms with Gasteiger partial charge in [-0.3, -0.25) is 4.79 Å². The van der Waals surface area contributed by atoms with Gasteiger partial charge in [0.25, 0.3) is 0 Å². The van der Waals surface area contributed by atoms with Gasteiger partial charge in [0.2, 0.25) is 0 Å². The predicted molar refractivity (Wildman–Crippen MR) is 69.2 cm³/mol. The van der Waals surface area contributed by atoms with Crippen molar-refractivity contribution >= 4 is 28.2 Å². The van der Waals surface area contributed by atoms with Crippen molar-refractivity contribution in [3.63, 3.8) is 0 Å². The van der Waals surface area contributed by atoms with Gasteiger partial charge >= 0.3 is 51.4 Å². The number of Topliss-reactive ketones (excluding diaryl/α,β-unsaturated/α-hetero) is 1. The number of pyridine rings is 1. The van der Waals surface area contributed by atoms with Gasteiger partial charge in [-0.2, -0.15) is 0 Å². The molecule has 0 N–H and O–H groups in total. The quantitative estimate of drug-likeness (QED) is 0.434. The molecule has 2 heterocycles. The van der Waals surface area contributed by atoms with Gasteiger partial charge in [0.1, 0.15) is 0 Å². The smallest absolute Gasteiger partial charge is 0.545 e. The monoisotopic (exact) mass is 291 g/mol. The maximum Gasteiger partial charge on any atom is 1.00 e. The van der Waals surface area contributed by atoms with E-state index >= 15 is 0 Å². The van der Waals surface area contributed by atoms with Crippen molar-refractivity contribution in [2.75, 3.05) is 0 Å². The predicted octanol–water partition coefficient (Wildman–Crippen LogP) is -1.34. The van der Waals surface area contributed by atoms with Crippen LogP contribution in [0, 0.1) is 0 Å². The number of carbonyl (C=O) groups is 2. The van der Waals surface area contributed by atoms with E-state index in [1.54, 1.807) is 40.9 Å². The zero-order chi connectivity index (χ0) is 13.6. The van der Waals surface area contributed by atoms with Crippen molar-refractivity contribution in [3.8, 4) is 0 Å². The first-order chi connectivity index (χ1) is 9.09. The minimum Gasteiger partial charge on any atom is -0.545 e. The summed E-state index contributed by atoms with van der Waals surface area (Å²) in [5.41, 5.74) is 1.98. The Kier molecular flexibility index (Phi) is 4.46. The molecule has 94 valence electrons. The first kappa shape index (κ1) is 15.4. The Bertz CT molecular complexity index is 836. The molecule has 2 aromatic heterocycles. The fourth-order valence-electron chi connectivity index (χ4n) is 2.37. The van der Waals surface area contributed by atoms with Crippen molar-refractivity contribution < 1.29 is 66.1 Å². The molecule has 0 aliphatic carbocycles. The Morgan fingerprint density at radius 3 is 2.50 bits per heavy atom. The standard InChI is InChI=1S/C15H11NO3.K/c1-9(17)10-5-6-11-13(8-10)16-7-3-2-4-12(16)14(11)15(18)19;/h2-8H,1H3,(H,18,19);/q;+1/p-1. The fourth-order valence-corrected chi connectivity index (χ4v) is 2.37. The number of carbonyl (C=O) groups excluding carboxylic acids is 2. The molecule has 0 bridgehead atoms. The molecule has 0 saturated carbocycles. The SMILES string of the molecule is CC(=O)c1ccc2c(C(=O)[O-])c3ccccn3c2c1.[K+].